The highest BCUT2D eigenvalue weighted by atomic mass is 19.4. The molecule has 1 aliphatic heterocycles. The van der Waals surface area contributed by atoms with Gasteiger partial charge in [-0.15, -0.1) is 0 Å². The van der Waals surface area contributed by atoms with E-state index in [0.29, 0.717) is 0 Å². The van der Waals surface area contributed by atoms with Gasteiger partial charge in [-0.1, -0.05) is 7.43 Å². The molecule has 1 saturated heterocycles. The Balaban J connectivity index is 0.00000400. The van der Waals surface area contributed by atoms with E-state index in [1.807, 2.05) is 0 Å². The lowest BCUT2D eigenvalue weighted by atomic mass is 9.98. The summed E-state index contributed by atoms with van der Waals surface area (Å²) in [5, 5.41) is 0. The minimum atomic E-state index is -5.91. The molecule has 3 atom stereocenters. The molecule has 0 amide bonds. The number of ether oxygens (including phenoxy) is 2. The monoisotopic (exact) mass is 336 g/mol. The first-order valence-electron chi connectivity index (χ1n) is 5.02. The van der Waals surface area contributed by atoms with Gasteiger partial charge in [0.2, 0.25) is 0 Å². The van der Waals surface area contributed by atoms with Crippen molar-refractivity contribution >= 4 is 0 Å². The summed E-state index contributed by atoms with van der Waals surface area (Å²) in [5.41, 5.74) is 0. The van der Waals surface area contributed by atoms with Crippen molar-refractivity contribution in [2.24, 2.45) is 0 Å². The summed E-state index contributed by atoms with van der Waals surface area (Å²) in [6, 6.07) is 0. The fourth-order valence-electron chi connectivity index (χ4n) is 1.55. The first kappa shape index (κ1) is 20.3. The predicted octanol–water partition coefficient (Wildman–Crippen LogP) is 4.59. The third kappa shape index (κ3) is 2.58. The van der Waals surface area contributed by atoms with E-state index in [9.17, 15) is 39.5 Å². The summed E-state index contributed by atoms with van der Waals surface area (Å²) in [7, 11) is 0. The topological polar surface area (TPSA) is 18.5 Å². The Morgan fingerprint density at radius 2 is 1.19 bits per heavy atom. The van der Waals surface area contributed by atoms with E-state index in [2.05, 4.69) is 9.47 Å². The highest BCUT2D eigenvalue weighted by Gasteiger charge is 2.85. The summed E-state index contributed by atoms with van der Waals surface area (Å²) in [6.45, 7) is -0.781. The average molecular weight is 336 g/mol. The third-order valence-corrected chi connectivity index (χ3v) is 2.77. The second-order valence-electron chi connectivity index (χ2n) is 4.62. The largest absolute Gasteiger partial charge is 0.443 e. The molecule has 21 heavy (non-hydrogen) atoms. The molecular formula is C10H13F9O2. The lowest BCUT2D eigenvalue weighted by molar-refractivity contribution is -0.394. The Morgan fingerprint density at radius 3 is 1.43 bits per heavy atom. The van der Waals surface area contributed by atoms with Crippen LogP contribution in [0.5, 0.6) is 0 Å². The molecule has 1 rings (SSSR count). The zero-order valence-corrected chi connectivity index (χ0v) is 10.2. The molecule has 0 aromatic carbocycles. The van der Waals surface area contributed by atoms with E-state index in [-0.39, 0.29) is 21.3 Å². The van der Waals surface area contributed by atoms with E-state index < -0.39 is 42.4 Å². The van der Waals surface area contributed by atoms with Crippen LogP contribution in [0.2, 0.25) is 0 Å². The molecule has 1 fully saturated rings. The van der Waals surface area contributed by atoms with Gasteiger partial charge in [-0.3, -0.25) is 4.74 Å². The quantitative estimate of drug-likeness (QED) is 0.687. The van der Waals surface area contributed by atoms with Gasteiger partial charge in [0, 0.05) is 13.8 Å². The summed E-state index contributed by atoms with van der Waals surface area (Å²) >= 11 is 0. The first-order valence-corrected chi connectivity index (χ1v) is 5.02. The molecule has 128 valence electrons. The summed E-state index contributed by atoms with van der Waals surface area (Å²) in [6.07, 6.45) is -5.63. The van der Waals surface area contributed by atoms with Crippen molar-refractivity contribution in [3.8, 4) is 0 Å². The fraction of sp³-hybridized carbons (Fsp3) is 1.00. The summed E-state index contributed by atoms with van der Waals surface area (Å²) < 4.78 is 124. The minimum absolute atomic E-state index is 0. The van der Waals surface area contributed by atoms with Gasteiger partial charge in [-0.05, 0) is 6.92 Å². The maximum Gasteiger partial charge on any atom is 0.443 e. The van der Waals surface area contributed by atoms with Crippen LogP contribution in [-0.4, -0.2) is 35.5 Å². The number of alkyl halides is 9. The minimum Gasteiger partial charge on any atom is -0.300 e. The molecule has 1 heterocycles. The van der Waals surface area contributed by atoms with Gasteiger partial charge in [0.25, 0.3) is 11.6 Å². The van der Waals surface area contributed by atoms with Crippen molar-refractivity contribution in [1.29, 1.82) is 0 Å². The lowest BCUT2D eigenvalue weighted by Crippen LogP contribution is -2.63. The lowest BCUT2D eigenvalue weighted by Gasteiger charge is -2.36. The van der Waals surface area contributed by atoms with E-state index in [0.717, 1.165) is 0 Å². The maximum absolute atomic E-state index is 13.9. The van der Waals surface area contributed by atoms with Crippen molar-refractivity contribution in [1.82, 2.24) is 0 Å². The van der Waals surface area contributed by atoms with E-state index in [4.69, 9.17) is 0 Å². The molecule has 0 aliphatic carbocycles. The molecular weight excluding hydrogens is 323 g/mol. The van der Waals surface area contributed by atoms with Crippen molar-refractivity contribution in [3.05, 3.63) is 0 Å². The van der Waals surface area contributed by atoms with Crippen LogP contribution in [0, 0.1) is 0 Å². The van der Waals surface area contributed by atoms with E-state index >= 15 is 0 Å². The maximum atomic E-state index is 13.9. The van der Waals surface area contributed by atoms with Crippen molar-refractivity contribution in [3.63, 3.8) is 0 Å². The molecule has 0 aromatic heterocycles. The van der Waals surface area contributed by atoms with Crippen LogP contribution in [0.3, 0.4) is 0 Å². The van der Waals surface area contributed by atoms with Gasteiger partial charge >= 0.3 is 23.9 Å². The Morgan fingerprint density at radius 1 is 0.810 bits per heavy atom. The van der Waals surface area contributed by atoms with Crippen molar-refractivity contribution in [2.75, 3.05) is 0 Å². The van der Waals surface area contributed by atoms with Crippen LogP contribution in [0.1, 0.15) is 28.2 Å². The molecule has 0 radical (unpaired) electrons. The second kappa shape index (κ2) is 4.64. The van der Waals surface area contributed by atoms with Gasteiger partial charge < -0.3 is 4.74 Å². The van der Waals surface area contributed by atoms with Crippen LogP contribution in [-0.2, 0) is 9.47 Å². The zero-order chi connectivity index (χ0) is 16.4. The molecule has 3 unspecified atom stereocenters. The molecule has 0 saturated carbocycles. The average Bonchev–Trinajstić information content (AvgIpc) is 2.31. The molecule has 1 aliphatic rings. The normalized spacial score (nSPS) is 38.3. The van der Waals surface area contributed by atoms with Crippen molar-refractivity contribution in [2.45, 2.75) is 63.7 Å². The highest BCUT2D eigenvalue weighted by Crippen LogP contribution is 2.60. The standard InChI is InChI=1S/C9H9F9O2.CH4/c1-4(10,11)7(13,14)8(15)5(2,12)19-6(3,20-8)9(16,17)18;/h1-3H3;1H4. The fourth-order valence-corrected chi connectivity index (χ4v) is 1.55. The molecule has 0 N–H and O–H groups in total. The summed E-state index contributed by atoms with van der Waals surface area (Å²) in [4.78, 5) is 0. The molecule has 2 nitrogen and oxygen atoms in total. The van der Waals surface area contributed by atoms with Gasteiger partial charge in [-0.25, -0.2) is 4.39 Å². The number of halogens is 9. The van der Waals surface area contributed by atoms with Crippen LogP contribution >= 0.6 is 0 Å². The van der Waals surface area contributed by atoms with Gasteiger partial charge in [0.05, 0.1) is 0 Å². The third-order valence-electron chi connectivity index (χ3n) is 2.77. The Bertz CT molecular complexity index is 400. The van der Waals surface area contributed by atoms with Gasteiger partial charge in [-0.2, -0.15) is 35.1 Å². The molecule has 0 aromatic rings. The predicted molar refractivity (Wildman–Crippen MR) is 52.3 cm³/mol. The van der Waals surface area contributed by atoms with Crippen LogP contribution in [0.25, 0.3) is 0 Å². The number of hydrogen-bond donors (Lipinski definition) is 0. The van der Waals surface area contributed by atoms with Crippen molar-refractivity contribution < 1.29 is 49.0 Å². The van der Waals surface area contributed by atoms with Gasteiger partial charge in [0.15, 0.2) is 0 Å². The Kier molecular flexibility index (Phi) is 4.48. The summed E-state index contributed by atoms with van der Waals surface area (Å²) in [5.74, 6) is -25.0. The number of hydrogen-bond acceptors (Lipinski definition) is 2. The highest BCUT2D eigenvalue weighted by molar-refractivity contribution is 5.07. The second-order valence-corrected chi connectivity index (χ2v) is 4.62. The molecule has 0 spiro atoms. The molecule has 0 bridgehead atoms. The van der Waals surface area contributed by atoms with Crippen LogP contribution in [0.15, 0.2) is 0 Å². The Hall–Kier alpha value is -0.710. The molecule has 11 heteroatoms. The van der Waals surface area contributed by atoms with E-state index in [1.165, 1.54) is 0 Å². The zero-order valence-electron chi connectivity index (χ0n) is 10.2. The van der Waals surface area contributed by atoms with Crippen LogP contribution < -0.4 is 0 Å². The van der Waals surface area contributed by atoms with Gasteiger partial charge in [0.1, 0.15) is 0 Å². The Labute approximate surface area is 114 Å². The first-order chi connectivity index (χ1) is 8.41. The SMILES string of the molecule is C.CC(F)(F)C(F)(F)C1(F)OC(C)(C(F)(F)F)OC1(C)F. The number of rotatable bonds is 2. The smallest absolute Gasteiger partial charge is 0.300 e. The van der Waals surface area contributed by atoms with E-state index in [1.54, 1.807) is 0 Å². The van der Waals surface area contributed by atoms with Crippen LogP contribution in [0.4, 0.5) is 39.5 Å².